The fourth-order valence-electron chi connectivity index (χ4n) is 2.08. The van der Waals surface area contributed by atoms with E-state index in [4.69, 9.17) is 18.9 Å². The molecule has 0 aliphatic heterocycles. The molecular formula is C20H18O7. The van der Waals surface area contributed by atoms with Crippen molar-refractivity contribution in [2.24, 2.45) is 0 Å². The first kappa shape index (κ1) is 19.7. The molecule has 0 spiro atoms. The zero-order valence-electron chi connectivity index (χ0n) is 15.1. The minimum absolute atomic E-state index is 0.175. The Balaban J connectivity index is 2.13. The Morgan fingerprint density at radius 3 is 1.85 bits per heavy atom. The highest BCUT2D eigenvalue weighted by Crippen LogP contribution is 2.29. The molecule has 7 heteroatoms. The standard InChI is InChI=1S/C20H18O7/c1-13(12-26-16-6-4-14(10-21)8-18(16)24-2)20(23)27-17-7-5-15(11-22)9-19(17)25-3/h4-12H,1-3H3. The Hall–Kier alpha value is -3.61. The van der Waals surface area contributed by atoms with Gasteiger partial charge in [0, 0.05) is 11.1 Å². The topological polar surface area (TPSA) is 88.1 Å². The first-order chi connectivity index (χ1) is 13.0. The number of rotatable bonds is 8. The summed E-state index contributed by atoms with van der Waals surface area (Å²) in [6.45, 7) is 1.51. The minimum atomic E-state index is -0.657. The van der Waals surface area contributed by atoms with Crippen molar-refractivity contribution in [3.63, 3.8) is 0 Å². The molecule has 140 valence electrons. The number of methoxy groups -OCH3 is 2. The molecule has 0 bridgehead atoms. The molecule has 2 rings (SSSR count). The van der Waals surface area contributed by atoms with Crippen molar-refractivity contribution in [3.05, 3.63) is 59.4 Å². The molecule has 0 unspecified atom stereocenters. The number of esters is 1. The Morgan fingerprint density at radius 2 is 1.33 bits per heavy atom. The maximum Gasteiger partial charge on any atom is 0.342 e. The first-order valence-electron chi connectivity index (χ1n) is 7.84. The van der Waals surface area contributed by atoms with Gasteiger partial charge in [0.2, 0.25) is 0 Å². The summed E-state index contributed by atoms with van der Waals surface area (Å²) < 4.78 is 21.0. The summed E-state index contributed by atoms with van der Waals surface area (Å²) in [5, 5.41) is 0. The molecule has 0 saturated carbocycles. The minimum Gasteiger partial charge on any atom is -0.493 e. The Bertz CT molecular complexity index is 884. The van der Waals surface area contributed by atoms with Crippen LogP contribution in [0.4, 0.5) is 0 Å². The molecule has 0 atom stereocenters. The summed E-state index contributed by atoms with van der Waals surface area (Å²) in [6, 6.07) is 9.07. The van der Waals surface area contributed by atoms with Gasteiger partial charge in [-0.05, 0) is 43.3 Å². The van der Waals surface area contributed by atoms with Crippen LogP contribution in [0.1, 0.15) is 27.6 Å². The van der Waals surface area contributed by atoms with Gasteiger partial charge in [-0.25, -0.2) is 4.79 Å². The molecular weight excluding hydrogens is 352 g/mol. The highest BCUT2D eigenvalue weighted by Gasteiger charge is 2.13. The van der Waals surface area contributed by atoms with Crippen LogP contribution >= 0.6 is 0 Å². The molecule has 2 aromatic rings. The van der Waals surface area contributed by atoms with Crippen molar-refractivity contribution >= 4 is 18.5 Å². The fraction of sp³-hybridized carbons (Fsp3) is 0.150. The Morgan fingerprint density at radius 1 is 0.815 bits per heavy atom. The fourth-order valence-corrected chi connectivity index (χ4v) is 2.08. The van der Waals surface area contributed by atoms with E-state index in [9.17, 15) is 14.4 Å². The van der Waals surface area contributed by atoms with Crippen molar-refractivity contribution in [3.8, 4) is 23.0 Å². The van der Waals surface area contributed by atoms with Crippen molar-refractivity contribution in [2.45, 2.75) is 6.92 Å². The summed E-state index contributed by atoms with van der Waals surface area (Å²) in [5.74, 6) is 0.462. The molecule has 7 nitrogen and oxygen atoms in total. The molecule has 27 heavy (non-hydrogen) atoms. The van der Waals surface area contributed by atoms with Gasteiger partial charge < -0.3 is 18.9 Å². The van der Waals surface area contributed by atoms with E-state index >= 15 is 0 Å². The van der Waals surface area contributed by atoms with Crippen molar-refractivity contribution in [1.29, 1.82) is 0 Å². The van der Waals surface area contributed by atoms with Crippen LogP contribution in [-0.4, -0.2) is 32.8 Å². The van der Waals surface area contributed by atoms with E-state index in [-0.39, 0.29) is 17.1 Å². The smallest absolute Gasteiger partial charge is 0.342 e. The average Bonchev–Trinajstić information content (AvgIpc) is 2.71. The highest BCUT2D eigenvalue weighted by molar-refractivity contribution is 5.90. The third-order valence-electron chi connectivity index (χ3n) is 3.53. The molecule has 0 aliphatic rings. The van der Waals surface area contributed by atoms with Crippen LogP contribution in [0.5, 0.6) is 23.0 Å². The lowest BCUT2D eigenvalue weighted by Gasteiger charge is -2.11. The monoisotopic (exact) mass is 370 g/mol. The molecule has 0 fully saturated rings. The number of ether oxygens (including phenoxy) is 4. The lowest BCUT2D eigenvalue weighted by molar-refractivity contribution is -0.130. The van der Waals surface area contributed by atoms with Crippen LogP contribution in [0.2, 0.25) is 0 Å². The summed E-state index contributed by atoms with van der Waals surface area (Å²) >= 11 is 0. The van der Waals surface area contributed by atoms with Gasteiger partial charge in [0.05, 0.1) is 19.8 Å². The van der Waals surface area contributed by atoms with E-state index in [0.29, 0.717) is 35.2 Å². The van der Waals surface area contributed by atoms with Gasteiger partial charge in [0.25, 0.3) is 0 Å². The van der Waals surface area contributed by atoms with E-state index < -0.39 is 5.97 Å². The average molecular weight is 370 g/mol. The highest BCUT2D eigenvalue weighted by atomic mass is 16.6. The van der Waals surface area contributed by atoms with E-state index in [2.05, 4.69) is 0 Å². The molecule has 0 radical (unpaired) electrons. The van der Waals surface area contributed by atoms with Crippen LogP contribution < -0.4 is 18.9 Å². The maximum absolute atomic E-state index is 12.2. The summed E-state index contributed by atoms with van der Waals surface area (Å²) in [5.41, 5.74) is 1.01. The number of aldehydes is 2. The summed E-state index contributed by atoms with van der Waals surface area (Å²) in [7, 11) is 2.85. The van der Waals surface area contributed by atoms with Gasteiger partial charge in [-0.2, -0.15) is 0 Å². The molecule has 0 heterocycles. The second kappa shape index (κ2) is 9.19. The predicted molar refractivity (Wildman–Crippen MR) is 96.8 cm³/mol. The van der Waals surface area contributed by atoms with E-state index in [1.54, 1.807) is 12.1 Å². The number of carbonyl (C=O) groups is 3. The van der Waals surface area contributed by atoms with E-state index in [1.165, 1.54) is 51.7 Å². The summed E-state index contributed by atoms with van der Waals surface area (Å²) in [4.78, 5) is 33.9. The largest absolute Gasteiger partial charge is 0.493 e. The first-order valence-corrected chi connectivity index (χ1v) is 7.84. The second-order valence-corrected chi connectivity index (χ2v) is 5.36. The molecule has 0 amide bonds. The third kappa shape index (κ3) is 4.94. The zero-order valence-corrected chi connectivity index (χ0v) is 15.1. The van der Waals surface area contributed by atoms with Gasteiger partial charge in [0.1, 0.15) is 18.8 Å². The zero-order chi connectivity index (χ0) is 19.8. The van der Waals surface area contributed by atoms with Gasteiger partial charge in [0.15, 0.2) is 23.0 Å². The molecule has 0 saturated heterocycles. The van der Waals surface area contributed by atoms with Crippen LogP contribution in [0.3, 0.4) is 0 Å². The van der Waals surface area contributed by atoms with Gasteiger partial charge in [-0.1, -0.05) is 0 Å². The molecule has 2 aromatic carbocycles. The number of benzene rings is 2. The number of hydrogen-bond acceptors (Lipinski definition) is 7. The van der Waals surface area contributed by atoms with Crippen LogP contribution in [-0.2, 0) is 4.79 Å². The van der Waals surface area contributed by atoms with Crippen LogP contribution in [0.15, 0.2) is 48.2 Å². The number of hydrogen-bond donors (Lipinski definition) is 0. The normalized spacial score (nSPS) is 10.7. The van der Waals surface area contributed by atoms with Crippen molar-refractivity contribution in [2.75, 3.05) is 14.2 Å². The Labute approximate surface area is 156 Å². The quantitative estimate of drug-likeness (QED) is 0.232. The van der Waals surface area contributed by atoms with Crippen LogP contribution in [0.25, 0.3) is 0 Å². The third-order valence-corrected chi connectivity index (χ3v) is 3.53. The van der Waals surface area contributed by atoms with Crippen LogP contribution in [0, 0.1) is 0 Å². The molecule has 0 aromatic heterocycles. The summed E-state index contributed by atoms with van der Waals surface area (Å²) in [6.07, 6.45) is 2.57. The van der Waals surface area contributed by atoms with E-state index in [0.717, 1.165) is 0 Å². The van der Waals surface area contributed by atoms with Gasteiger partial charge >= 0.3 is 5.97 Å². The maximum atomic E-state index is 12.2. The van der Waals surface area contributed by atoms with E-state index in [1.807, 2.05) is 0 Å². The lowest BCUT2D eigenvalue weighted by Crippen LogP contribution is -2.11. The van der Waals surface area contributed by atoms with Crippen molar-refractivity contribution < 1.29 is 33.3 Å². The number of carbonyl (C=O) groups excluding carboxylic acids is 3. The molecule has 0 N–H and O–H groups in total. The SMILES string of the molecule is COc1cc(C=O)ccc1OC=C(C)C(=O)Oc1ccc(C=O)cc1OC. The predicted octanol–water partition coefficient (Wildman–Crippen LogP) is 3.22. The van der Waals surface area contributed by atoms with Crippen molar-refractivity contribution in [1.82, 2.24) is 0 Å². The second-order valence-electron chi connectivity index (χ2n) is 5.36. The Kier molecular flexibility index (Phi) is 6.71. The van der Waals surface area contributed by atoms with Gasteiger partial charge in [-0.3, -0.25) is 9.59 Å². The lowest BCUT2D eigenvalue weighted by atomic mass is 10.2. The molecule has 0 aliphatic carbocycles. The van der Waals surface area contributed by atoms with Gasteiger partial charge in [-0.15, -0.1) is 0 Å².